The van der Waals surface area contributed by atoms with Gasteiger partial charge in [-0.05, 0) is 55.3 Å². The largest absolute Gasteiger partial charge is 0.372 e. The van der Waals surface area contributed by atoms with Crippen LogP contribution >= 0.6 is 0 Å². The van der Waals surface area contributed by atoms with Crippen molar-refractivity contribution in [3.05, 3.63) is 59.7 Å². The minimum absolute atomic E-state index is 0.162. The van der Waals surface area contributed by atoms with Gasteiger partial charge in [0.15, 0.2) is 0 Å². The topological polar surface area (TPSA) is 78.5 Å². The summed E-state index contributed by atoms with van der Waals surface area (Å²) in [7, 11) is -3.33. The fraction of sp³-hybridized carbons (Fsp3) is 0.381. The quantitative estimate of drug-likeness (QED) is 0.635. The fourth-order valence-electron chi connectivity index (χ4n) is 2.89. The molecule has 2 aromatic rings. The first-order valence-electron chi connectivity index (χ1n) is 9.52. The van der Waals surface area contributed by atoms with Gasteiger partial charge in [-0.25, -0.2) is 8.42 Å². The van der Waals surface area contributed by atoms with Crippen LogP contribution in [0.5, 0.6) is 0 Å². The molecule has 0 fully saturated rings. The van der Waals surface area contributed by atoms with E-state index in [1.807, 2.05) is 30.3 Å². The van der Waals surface area contributed by atoms with Gasteiger partial charge in [0.05, 0.1) is 6.26 Å². The number of nitrogens with one attached hydrogen (secondary N) is 2. The summed E-state index contributed by atoms with van der Waals surface area (Å²) in [6.45, 7) is 6.56. The zero-order chi connectivity index (χ0) is 20.6. The number of hydrogen-bond acceptors (Lipinski definition) is 4. The van der Waals surface area contributed by atoms with Gasteiger partial charge in [-0.2, -0.15) is 0 Å². The molecule has 0 bridgehead atoms. The molecule has 0 aromatic heterocycles. The van der Waals surface area contributed by atoms with Crippen molar-refractivity contribution in [1.82, 2.24) is 5.32 Å². The molecule has 2 N–H and O–H groups in total. The summed E-state index contributed by atoms with van der Waals surface area (Å²) in [5.41, 5.74) is 3.01. The number of benzene rings is 2. The van der Waals surface area contributed by atoms with E-state index in [9.17, 15) is 13.2 Å². The van der Waals surface area contributed by atoms with Crippen LogP contribution in [-0.4, -0.2) is 33.7 Å². The average Bonchev–Trinajstić information content (AvgIpc) is 2.66. The van der Waals surface area contributed by atoms with Crippen molar-refractivity contribution in [3.8, 4) is 0 Å². The van der Waals surface area contributed by atoms with Gasteiger partial charge >= 0.3 is 0 Å². The Labute approximate surface area is 168 Å². The van der Waals surface area contributed by atoms with Crippen LogP contribution in [0.4, 0.5) is 11.4 Å². The molecule has 28 heavy (non-hydrogen) atoms. The van der Waals surface area contributed by atoms with Crippen molar-refractivity contribution in [2.45, 2.75) is 33.2 Å². The molecule has 152 valence electrons. The second-order valence-electron chi connectivity index (χ2n) is 6.74. The van der Waals surface area contributed by atoms with Gasteiger partial charge in [-0.1, -0.05) is 25.5 Å². The Morgan fingerprint density at radius 1 is 1.07 bits per heavy atom. The summed E-state index contributed by atoms with van der Waals surface area (Å²) in [5, 5.41) is 2.87. The third kappa shape index (κ3) is 6.88. The summed E-state index contributed by atoms with van der Waals surface area (Å²) in [4.78, 5) is 14.7. The van der Waals surface area contributed by atoms with Crippen LogP contribution in [0.1, 0.15) is 42.6 Å². The Bertz CT molecular complexity index is 880. The zero-order valence-electron chi connectivity index (χ0n) is 16.7. The molecule has 6 nitrogen and oxygen atoms in total. The molecule has 1 amide bonds. The Balaban J connectivity index is 1.97. The molecule has 0 saturated heterocycles. The maximum absolute atomic E-state index is 12.4. The van der Waals surface area contributed by atoms with E-state index in [4.69, 9.17) is 0 Å². The molecule has 2 aromatic carbocycles. The number of sulfonamides is 1. The van der Waals surface area contributed by atoms with Crippen LogP contribution in [0.2, 0.25) is 0 Å². The van der Waals surface area contributed by atoms with Crippen molar-refractivity contribution < 1.29 is 13.2 Å². The van der Waals surface area contributed by atoms with Crippen LogP contribution in [0.15, 0.2) is 48.5 Å². The van der Waals surface area contributed by atoms with Gasteiger partial charge in [0.25, 0.3) is 5.91 Å². The molecule has 0 atom stereocenters. The lowest BCUT2D eigenvalue weighted by Gasteiger charge is -2.23. The van der Waals surface area contributed by atoms with Gasteiger partial charge in [-0.3, -0.25) is 9.52 Å². The van der Waals surface area contributed by atoms with E-state index < -0.39 is 10.0 Å². The number of anilines is 2. The predicted molar refractivity (Wildman–Crippen MR) is 115 cm³/mol. The number of hydrogen-bond donors (Lipinski definition) is 2. The highest BCUT2D eigenvalue weighted by Gasteiger charge is 2.09. The summed E-state index contributed by atoms with van der Waals surface area (Å²) in [5.74, 6) is -0.162. The first-order valence-corrected chi connectivity index (χ1v) is 11.4. The van der Waals surface area contributed by atoms with Crippen LogP contribution < -0.4 is 14.9 Å². The third-order valence-corrected chi connectivity index (χ3v) is 4.95. The highest BCUT2D eigenvalue weighted by Crippen LogP contribution is 2.16. The van der Waals surface area contributed by atoms with E-state index in [1.165, 1.54) is 0 Å². The highest BCUT2D eigenvalue weighted by molar-refractivity contribution is 7.92. The lowest BCUT2D eigenvalue weighted by atomic mass is 10.1. The molecule has 0 aliphatic heterocycles. The third-order valence-electron chi connectivity index (χ3n) is 4.34. The monoisotopic (exact) mass is 403 g/mol. The summed E-state index contributed by atoms with van der Waals surface area (Å²) >= 11 is 0. The van der Waals surface area contributed by atoms with E-state index in [1.54, 1.807) is 18.2 Å². The molecular weight excluding hydrogens is 374 g/mol. The number of carbonyl (C=O) groups excluding carboxylic acids is 1. The van der Waals surface area contributed by atoms with Crippen LogP contribution in [-0.2, 0) is 16.6 Å². The van der Waals surface area contributed by atoms with E-state index in [-0.39, 0.29) is 5.91 Å². The highest BCUT2D eigenvalue weighted by atomic mass is 32.2. The Morgan fingerprint density at radius 2 is 1.79 bits per heavy atom. The zero-order valence-corrected chi connectivity index (χ0v) is 17.6. The second kappa shape index (κ2) is 10.1. The molecule has 0 heterocycles. The molecule has 0 unspecified atom stereocenters. The van der Waals surface area contributed by atoms with Crippen LogP contribution in [0.3, 0.4) is 0 Å². The van der Waals surface area contributed by atoms with Crippen LogP contribution in [0.25, 0.3) is 0 Å². The van der Waals surface area contributed by atoms with E-state index >= 15 is 0 Å². The number of unbranched alkanes of at least 4 members (excludes halogenated alkanes) is 1. The molecule has 0 aliphatic rings. The Hall–Kier alpha value is -2.54. The van der Waals surface area contributed by atoms with Gasteiger partial charge in [0, 0.05) is 36.6 Å². The number of amides is 1. The van der Waals surface area contributed by atoms with E-state index in [2.05, 4.69) is 28.8 Å². The molecule has 0 saturated carbocycles. The van der Waals surface area contributed by atoms with Gasteiger partial charge in [0.2, 0.25) is 10.0 Å². The van der Waals surface area contributed by atoms with Crippen molar-refractivity contribution in [2.24, 2.45) is 0 Å². The first-order chi connectivity index (χ1) is 13.3. The van der Waals surface area contributed by atoms with E-state index in [0.29, 0.717) is 17.8 Å². The lowest BCUT2D eigenvalue weighted by Crippen LogP contribution is -2.25. The summed E-state index contributed by atoms with van der Waals surface area (Å²) in [6, 6.07) is 14.6. The van der Waals surface area contributed by atoms with E-state index in [0.717, 1.165) is 43.4 Å². The normalized spacial score (nSPS) is 11.1. The summed E-state index contributed by atoms with van der Waals surface area (Å²) in [6.07, 6.45) is 3.40. The van der Waals surface area contributed by atoms with Gasteiger partial charge in [-0.15, -0.1) is 0 Å². The number of nitrogens with zero attached hydrogens (tertiary/aromatic N) is 1. The first kappa shape index (κ1) is 21.8. The average molecular weight is 404 g/mol. The predicted octanol–water partition coefficient (Wildman–Crippen LogP) is 3.61. The smallest absolute Gasteiger partial charge is 0.251 e. The molecule has 0 spiro atoms. The van der Waals surface area contributed by atoms with Crippen LogP contribution in [0, 0.1) is 0 Å². The molecule has 0 aliphatic carbocycles. The number of carbonyl (C=O) groups is 1. The maximum Gasteiger partial charge on any atom is 0.251 e. The van der Waals surface area contributed by atoms with Crippen molar-refractivity contribution in [3.63, 3.8) is 0 Å². The molecule has 7 heteroatoms. The van der Waals surface area contributed by atoms with Crippen molar-refractivity contribution in [2.75, 3.05) is 29.0 Å². The molecule has 2 rings (SSSR count). The summed E-state index contributed by atoms with van der Waals surface area (Å²) < 4.78 is 25.1. The number of rotatable bonds is 10. The standard InChI is InChI=1S/C21H29N3O3S/c1-4-6-14-24(5-2)20-12-10-18(11-13-20)21(25)22-16-17-8-7-9-19(15-17)23-28(3,26)27/h7-13,15,23H,4-6,14,16H2,1-3H3,(H,22,25). The Kier molecular flexibility index (Phi) is 7.87. The Morgan fingerprint density at radius 3 is 2.39 bits per heavy atom. The minimum Gasteiger partial charge on any atom is -0.372 e. The molecular formula is C21H29N3O3S. The van der Waals surface area contributed by atoms with Crippen molar-refractivity contribution >= 4 is 27.3 Å². The minimum atomic E-state index is -3.33. The lowest BCUT2D eigenvalue weighted by molar-refractivity contribution is 0.0951. The fourth-order valence-corrected chi connectivity index (χ4v) is 3.44. The molecule has 0 radical (unpaired) electrons. The van der Waals surface area contributed by atoms with Crippen molar-refractivity contribution in [1.29, 1.82) is 0 Å². The maximum atomic E-state index is 12.4. The SMILES string of the molecule is CCCCN(CC)c1ccc(C(=O)NCc2cccc(NS(C)(=O)=O)c2)cc1. The van der Waals surface area contributed by atoms with Gasteiger partial charge < -0.3 is 10.2 Å². The second-order valence-corrected chi connectivity index (χ2v) is 8.49. The van der Waals surface area contributed by atoms with Gasteiger partial charge in [0.1, 0.15) is 0 Å².